The maximum atomic E-state index is 6.47. The average Bonchev–Trinajstić information content (AvgIpc) is 1.62. The molecule has 0 heterocycles. The summed E-state index contributed by atoms with van der Waals surface area (Å²) >= 11 is 0. The van der Waals surface area contributed by atoms with Crippen LogP contribution in [-0.2, 0) is 0 Å². The lowest BCUT2D eigenvalue weighted by Crippen LogP contribution is -2.39. The summed E-state index contributed by atoms with van der Waals surface area (Å²) in [5.74, 6) is -0.625. The van der Waals surface area contributed by atoms with E-state index in [9.17, 15) is 0 Å². The Labute approximate surface area is 59.8 Å². The first-order valence-electron chi connectivity index (χ1n) is 2.69. The molecular formula is C4H14N6. The number of guanidine groups is 2. The van der Waals surface area contributed by atoms with Gasteiger partial charge in [0.15, 0.2) is 11.9 Å². The SMILES string of the molecule is CCN.N=C(N)NC(=N)N. The van der Waals surface area contributed by atoms with E-state index in [1.165, 1.54) is 0 Å². The van der Waals surface area contributed by atoms with Gasteiger partial charge in [-0.3, -0.25) is 16.1 Å². The molecule has 0 radical (unpaired) electrons. The minimum Gasteiger partial charge on any atom is -0.370 e. The molecule has 0 aromatic rings. The summed E-state index contributed by atoms with van der Waals surface area (Å²) in [5, 5.41) is 15.0. The van der Waals surface area contributed by atoms with Crippen LogP contribution in [0.4, 0.5) is 0 Å². The lowest BCUT2D eigenvalue weighted by Gasteiger charge is -1.95. The molecule has 0 aromatic heterocycles. The molecule has 0 aliphatic rings. The summed E-state index contributed by atoms with van der Waals surface area (Å²) in [6, 6.07) is 0. The van der Waals surface area contributed by atoms with Crippen molar-refractivity contribution in [2.45, 2.75) is 6.92 Å². The summed E-state index contributed by atoms with van der Waals surface area (Å²) in [5.41, 5.74) is 14.3. The van der Waals surface area contributed by atoms with Crippen LogP contribution in [0.2, 0.25) is 0 Å². The van der Waals surface area contributed by atoms with Crippen molar-refractivity contribution in [2.24, 2.45) is 17.2 Å². The molecule has 0 bridgehead atoms. The number of nitrogens with one attached hydrogen (secondary N) is 3. The third-order valence-corrected chi connectivity index (χ3v) is 0.269. The van der Waals surface area contributed by atoms with Crippen LogP contribution in [0, 0.1) is 10.8 Å². The minimum atomic E-state index is -0.312. The molecule has 0 spiro atoms. The Morgan fingerprint density at radius 2 is 1.50 bits per heavy atom. The highest BCUT2D eigenvalue weighted by Gasteiger charge is 1.83. The van der Waals surface area contributed by atoms with Crippen LogP contribution >= 0.6 is 0 Å². The molecule has 6 nitrogen and oxygen atoms in total. The van der Waals surface area contributed by atoms with E-state index in [1.54, 1.807) is 0 Å². The van der Waals surface area contributed by atoms with Gasteiger partial charge in [-0.25, -0.2) is 0 Å². The maximum Gasteiger partial charge on any atom is 0.192 e. The van der Waals surface area contributed by atoms with Crippen molar-refractivity contribution in [3.63, 3.8) is 0 Å². The molecule has 0 fully saturated rings. The fraction of sp³-hybridized carbons (Fsp3) is 0.500. The van der Waals surface area contributed by atoms with Crippen molar-refractivity contribution >= 4 is 11.9 Å². The predicted octanol–water partition coefficient (Wildman–Crippen LogP) is -1.67. The Morgan fingerprint density at radius 1 is 1.30 bits per heavy atom. The first kappa shape index (κ1) is 11.5. The summed E-state index contributed by atoms with van der Waals surface area (Å²) in [6.45, 7) is 2.65. The van der Waals surface area contributed by atoms with Gasteiger partial charge in [-0.05, 0) is 6.54 Å². The molecule has 0 aromatic carbocycles. The first-order chi connectivity index (χ1) is 4.54. The van der Waals surface area contributed by atoms with Crippen LogP contribution in [-0.4, -0.2) is 18.5 Å². The normalized spacial score (nSPS) is 7.00. The highest BCUT2D eigenvalue weighted by molar-refractivity contribution is 5.93. The summed E-state index contributed by atoms with van der Waals surface area (Å²) in [6.07, 6.45) is 0. The molecule has 0 saturated carbocycles. The summed E-state index contributed by atoms with van der Waals surface area (Å²) < 4.78 is 0. The van der Waals surface area contributed by atoms with Gasteiger partial charge in [0.05, 0.1) is 0 Å². The number of rotatable bonds is 0. The van der Waals surface area contributed by atoms with Gasteiger partial charge >= 0.3 is 0 Å². The van der Waals surface area contributed by atoms with Crippen molar-refractivity contribution in [1.29, 1.82) is 10.8 Å². The van der Waals surface area contributed by atoms with Crippen molar-refractivity contribution in [1.82, 2.24) is 5.32 Å². The molecule has 0 atom stereocenters. The van der Waals surface area contributed by atoms with Crippen LogP contribution < -0.4 is 22.5 Å². The van der Waals surface area contributed by atoms with Crippen molar-refractivity contribution < 1.29 is 0 Å². The van der Waals surface area contributed by atoms with E-state index < -0.39 is 0 Å². The second kappa shape index (κ2) is 7.70. The summed E-state index contributed by atoms with van der Waals surface area (Å²) in [7, 11) is 0. The van der Waals surface area contributed by atoms with Crippen LogP contribution in [0.15, 0.2) is 0 Å². The molecule has 0 unspecified atom stereocenters. The van der Waals surface area contributed by atoms with Crippen LogP contribution in [0.25, 0.3) is 0 Å². The van der Waals surface area contributed by atoms with Crippen LogP contribution in [0.5, 0.6) is 0 Å². The Balaban J connectivity index is 0. The van der Waals surface area contributed by atoms with Gasteiger partial charge in [-0.2, -0.15) is 0 Å². The fourth-order valence-corrected chi connectivity index (χ4v) is 0.145. The average molecular weight is 146 g/mol. The molecule has 10 heavy (non-hydrogen) atoms. The standard InChI is InChI=1S/C2H7N5.C2H7N/c3-1(4)7-2(5)6;1-2-3/h(H7,3,4,5,6,7);2-3H2,1H3. The van der Waals surface area contributed by atoms with Gasteiger partial charge < -0.3 is 17.2 Å². The predicted molar refractivity (Wildman–Crippen MR) is 41.7 cm³/mol. The second-order valence-electron chi connectivity index (χ2n) is 1.36. The van der Waals surface area contributed by atoms with E-state index in [-0.39, 0.29) is 11.9 Å². The van der Waals surface area contributed by atoms with Crippen molar-refractivity contribution in [3.05, 3.63) is 0 Å². The first-order valence-corrected chi connectivity index (χ1v) is 2.69. The van der Waals surface area contributed by atoms with E-state index in [0.29, 0.717) is 0 Å². The molecule has 9 N–H and O–H groups in total. The van der Waals surface area contributed by atoms with Gasteiger partial charge in [0.2, 0.25) is 0 Å². The third kappa shape index (κ3) is 29.9. The zero-order valence-corrected chi connectivity index (χ0v) is 5.94. The Kier molecular flexibility index (Phi) is 8.85. The topological polar surface area (TPSA) is 138 Å². The molecular weight excluding hydrogens is 132 g/mol. The number of nitrogens with two attached hydrogens (primary N) is 3. The lowest BCUT2D eigenvalue weighted by atomic mass is 10.8. The number of hydrogen-bond donors (Lipinski definition) is 6. The number of hydrogen-bond acceptors (Lipinski definition) is 3. The van der Waals surface area contributed by atoms with Gasteiger partial charge in [0.1, 0.15) is 0 Å². The monoisotopic (exact) mass is 146 g/mol. The van der Waals surface area contributed by atoms with Crippen LogP contribution in [0.3, 0.4) is 0 Å². The van der Waals surface area contributed by atoms with E-state index in [2.05, 4.69) is 0 Å². The smallest absolute Gasteiger partial charge is 0.192 e. The Bertz CT molecular complexity index is 96.3. The minimum absolute atomic E-state index is 0.312. The molecule has 0 rings (SSSR count). The fourth-order valence-electron chi connectivity index (χ4n) is 0.145. The van der Waals surface area contributed by atoms with Gasteiger partial charge in [-0.1, -0.05) is 6.92 Å². The Hall–Kier alpha value is -1.30. The zero-order chi connectivity index (χ0) is 8.57. The zero-order valence-electron chi connectivity index (χ0n) is 5.94. The molecule has 6 heteroatoms. The highest BCUT2D eigenvalue weighted by Crippen LogP contribution is 1.44. The summed E-state index contributed by atoms with van der Waals surface area (Å²) in [4.78, 5) is 0. The van der Waals surface area contributed by atoms with Gasteiger partial charge in [0.25, 0.3) is 0 Å². The van der Waals surface area contributed by atoms with Crippen LogP contribution in [0.1, 0.15) is 6.92 Å². The molecule has 60 valence electrons. The molecule has 0 aliphatic heterocycles. The molecule has 0 aliphatic carbocycles. The van der Waals surface area contributed by atoms with Crippen molar-refractivity contribution in [2.75, 3.05) is 6.54 Å². The Morgan fingerprint density at radius 3 is 1.50 bits per heavy atom. The van der Waals surface area contributed by atoms with E-state index in [4.69, 9.17) is 28.0 Å². The quantitative estimate of drug-likeness (QED) is 0.180. The molecule has 0 saturated heterocycles. The second-order valence-corrected chi connectivity index (χ2v) is 1.36. The third-order valence-electron chi connectivity index (χ3n) is 0.269. The largest absolute Gasteiger partial charge is 0.370 e. The van der Waals surface area contributed by atoms with E-state index >= 15 is 0 Å². The van der Waals surface area contributed by atoms with E-state index in [1.807, 2.05) is 12.2 Å². The van der Waals surface area contributed by atoms with Crippen molar-refractivity contribution in [3.8, 4) is 0 Å². The van der Waals surface area contributed by atoms with E-state index in [0.717, 1.165) is 6.54 Å². The van der Waals surface area contributed by atoms with Gasteiger partial charge in [0, 0.05) is 0 Å². The highest BCUT2D eigenvalue weighted by atomic mass is 15.1. The molecule has 0 amide bonds. The maximum absolute atomic E-state index is 6.47. The lowest BCUT2D eigenvalue weighted by molar-refractivity contribution is 1.14. The van der Waals surface area contributed by atoms with Gasteiger partial charge in [-0.15, -0.1) is 0 Å².